The minimum absolute atomic E-state index is 0.0882. The largest absolute Gasteiger partial charge is 0.288 e. The van der Waals surface area contributed by atoms with Crippen molar-refractivity contribution in [3.8, 4) is 0 Å². The Morgan fingerprint density at radius 2 is 1.72 bits per heavy atom. The van der Waals surface area contributed by atoms with Crippen molar-refractivity contribution >= 4 is 63.5 Å². The molecule has 0 N–H and O–H groups in total. The molecule has 2 rings (SSSR count). The van der Waals surface area contributed by atoms with Gasteiger partial charge in [-0.3, -0.25) is 4.79 Å². The molecule has 1 aromatic carbocycles. The summed E-state index contributed by atoms with van der Waals surface area (Å²) in [6, 6.07) is 5.01. The number of benzene rings is 1. The van der Waals surface area contributed by atoms with Gasteiger partial charge < -0.3 is 0 Å². The first-order valence-electron chi connectivity index (χ1n) is 4.86. The molecule has 0 saturated heterocycles. The Bertz CT molecular complexity index is 633. The van der Waals surface area contributed by atoms with Crippen molar-refractivity contribution in [1.82, 2.24) is 0 Å². The van der Waals surface area contributed by atoms with Crippen LogP contribution in [0.25, 0.3) is 0 Å². The van der Waals surface area contributed by atoms with Crippen molar-refractivity contribution in [3.05, 3.63) is 53.6 Å². The summed E-state index contributed by atoms with van der Waals surface area (Å²) in [5.74, 6) is -0.248. The quantitative estimate of drug-likeness (QED) is 0.378. The number of carbonyl (C=O) groups is 1. The maximum Gasteiger partial charge on any atom is 0.206 e. The van der Waals surface area contributed by atoms with Crippen LogP contribution in [0.15, 0.2) is 18.2 Å². The number of carbonyl (C=O) groups excluding carboxylic acids is 1. The molecule has 1 heterocycles. The standard InChI is InChI=1S/C12H6Cl4OS/c1-5-2-3-8(18-5)12(17)9-6(13)4-7(14)10(15)11(9)16/h2-4H,1H3. The minimum Gasteiger partial charge on any atom is -0.288 e. The highest BCUT2D eigenvalue weighted by molar-refractivity contribution is 7.14. The Morgan fingerprint density at radius 3 is 2.28 bits per heavy atom. The van der Waals surface area contributed by atoms with E-state index in [2.05, 4.69) is 0 Å². The third kappa shape index (κ3) is 2.54. The third-order valence-electron chi connectivity index (χ3n) is 2.31. The van der Waals surface area contributed by atoms with Crippen LogP contribution < -0.4 is 0 Å². The van der Waals surface area contributed by atoms with E-state index < -0.39 is 0 Å². The summed E-state index contributed by atoms with van der Waals surface area (Å²) in [7, 11) is 0. The summed E-state index contributed by atoms with van der Waals surface area (Å²) in [6.45, 7) is 1.92. The highest BCUT2D eigenvalue weighted by Crippen LogP contribution is 2.39. The number of thiophene rings is 1. The number of aryl methyl sites for hydroxylation is 1. The second-order valence-corrected chi connectivity index (χ2v) is 6.44. The van der Waals surface area contributed by atoms with Crippen LogP contribution in [0.1, 0.15) is 20.1 Å². The van der Waals surface area contributed by atoms with Gasteiger partial charge in [-0.15, -0.1) is 11.3 Å². The van der Waals surface area contributed by atoms with Crippen molar-refractivity contribution in [2.45, 2.75) is 6.92 Å². The van der Waals surface area contributed by atoms with Gasteiger partial charge in [0.15, 0.2) is 0 Å². The molecule has 2 aromatic rings. The van der Waals surface area contributed by atoms with Crippen molar-refractivity contribution in [2.24, 2.45) is 0 Å². The molecule has 0 amide bonds. The van der Waals surface area contributed by atoms with Gasteiger partial charge in [0.25, 0.3) is 0 Å². The second kappa shape index (κ2) is 5.40. The topological polar surface area (TPSA) is 17.1 Å². The first-order chi connectivity index (χ1) is 8.41. The summed E-state index contributed by atoms with van der Waals surface area (Å²) >= 11 is 25.2. The van der Waals surface area contributed by atoms with Crippen LogP contribution in [0.2, 0.25) is 20.1 Å². The van der Waals surface area contributed by atoms with Crippen LogP contribution in [0.5, 0.6) is 0 Å². The normalized spacial score (nSPS) is 10.7. The molecule has 94 valence electrons. The third-order valence-corrected chi connectivity index (χ3v) is 4.87. The van der Waals surface area contributed by atoms with Gasteiger partial charge in [-0.05, 0) is 25.1 Å². The zero-order valence-electron chi connectivity index (χ0n) is 9.06. The zero-order chi connectivity index (χ0) is 13.4. The molecule has 0 aliphatic heterocycles. The van der Waals surface area contributed by atoms with Crippen LogP contribution in [-0.2, 0) is 0 Å². The maximum atomic E-state index is 12.3. The lowest BCUT2D eigenvalue weighted by atomic mass is 10.1. The fraction of sp³-hybridized carbons (Fsp3) is 0.0833. The molecule has 6 heteroatoms. The van der Waals surface area contributed by atoms with Gasteiger partial charge in [-0.25, -0.2) is 0 Å². The second-order valence-electron chi connectivity index (χ2n) is 3.58. The first kappa shape index (κ1) is 14.2. The lowest BCUT2D eigenvalue weighted by molar-refractivity contribution is 0.104. The van der Waals surface area contributed by atoms with Crippen LogP contribution in [0, 0.1) is 6.92 Å². The van der Waals surface area contributed by atoms with Crippen molar-refractivity contribution < 1.29 is 4.79 Å². The summed E-state index contributed by atoms with van der Waals surface area (Å²) in [6.07, 6.45) is 0. The smallest absolute Gasteiger partial charge is 0.206 e. The number of halogens is 4. The molecule has 0 aliphatic rings. The van der Waals surface area contributed by atoms with E-state index in [-0.39, 0.29) is 31.4 Å². The van der Waals surface area contributed by atoms with Crippen molar-refractivity contribution in [2.75, 3.05) is 0 Å². The Morgan fingerprint density at radius 1 is 1.06 bits per heavy atom. The van der Waals surface area contributed by atoms with Gasteiger partial charge in [0.1, 0.15) is 0 Å². The Hall–Kier alpha value is -0.250. The molecule has 0 aliphatic carbocycles. The highest BCUT2D eigenvalue weighted by Gasteiger charge is 2.22. The van der Waals surface area contributed by atoms with Crippen LogP contribution >= 0.6 is 57.7 Å². The number of hydrogen-bond donors (Lipinski definition) is 0. The van der Waals surface area contributed by atoms with E-state index in [0.717, 1.165) is 4.88 Å². The Balaban J connectivity index is 2.58. The molecule has 18 heavy (non-hydrogen) atoms. The van der Waals surface area contributed by atoms with E-state index in [0.29, 0.717) is 4.88 Å². The predicted octanol–water partition coefficient (Wildman–Crippen LogP) is 5.90. The van der Waals surface area contributed by atoms with Gasteiger partial charge in [-0.2, -0.15) is 0 Å². The van der Waals surface area contributed by atoms with E-state index >= 15 is 0 Å². The van der Waals surface area contributed by atoms with E-state index in [9.17, 15) is 4.79 Å². The van der Waals surface area contributed by atoms with Gasteiger partial charge >= 0.3 is 0 Å². The summed E-state index contributed by atoms with van der Waals surface area (Å²) < 4.78 is 0. The summed E-state index contributed by atoms with van der Waals surface area (Å²) in [5.41, 5.74) is 0.189. The Labute approximate surface area is 128 Å². The summed E-state index contributed by atoms with van der Waals surface area (Å²) in [4.78, 5) is 13.9. The van der Waals surface area contributed by atoms with Gasteiger partial charge in [0, 0.05) is 4.88 Å². The van der Waals surface area contributed by atoms with Crippen molar-refractivity contribution in [3.63, 3.8) is 0 Å². The average molecular weight is 340 g/mol. The summed E-state index contributed by atoms with van der Waals surface area (Å²) in [5, 5.41) is 0.653. The average Bonchev–Trinajstić information content (AvgIpc) is 2.73. The minimum atomic E-state index is -0.248. The predicted molar refractivity (Wildman–Crippen MR) is 79.0 cm³/mol. The van der Waals surface area contributed by atoms with Crippen LogP contribution in [0.3, 0.4) is 0 Å². The molecule has 0 radical (unpaired) electrons. The first-order valence-corrected chi connectivity index (χ1v) is 7.18. The van der Waals surface area contributed by atoms with Gasteiger partial charge in [-0.1, -0.05) is 46.4 Å². The van der Waals surface area contributed by atoms with Crippen LogP contribution in [0.4, 0.5) is 0 Å². The molecular weight excluding hydrogens is 334 g/mol. The lowest BCUT2D eigenvalue weighted by Gasteiger charge is -2.08. The molecule has 0 saturated carbocycles. The molecule has 0 fully saturated rings. The lowest BCUT2D eigenvalue weighted by Crippen LogP contribution is -2.01. The number of rotatable bonds is 2. The monoisotopic (exact) mass is 338 g/mol. The van der Waals surface area contributed by atoms with E-state index in [1.807, 2.05) is 13.0 Å². The molecular formula is C12H6Cl4OS. The van der Waals surface area contributed by atoms with E-state index in [4.69, 9.17) is 46.4 Å². The van der Waals surface area contributed by atoms with Crippen LogP contribution in [-0.4, -0.2) is 5.78 Å². The maximum absolute atomic E-state index is 12.3. The number of ketones is 1. The fourth-order valence-corrected chi connectivity index (χ4v) is 3.35. The van der Waals surface area contributed by atoms with Gasteiger partial charge in [0.05, 0.1) is 30.5 Å². The highest BCUT2D eigenvalue weighted by atomic mass is 35.5. The molecule has 0 bridgehead atoms. The molecule has 0 unspecified atom stereocenters. The fourth-order valence-electron chi connectivity index (χ4n) is 1.45. The number of hydrogen-bond acceptors (Lipinski definition) is 2. The molecule has 1 aromatic heterocycles. The van der Waals surface area contributed by atoms with Crippen molar-refractivity contribution in [1.29, 1.82) is 0 Å². The molecule has 1 nitrogen and oxygen atoms in total. The SMILES string of the molecule is Cc1ccc(C(=O)c2c(Cl)cc(Cl)c(Cl)c2Cl)s1. The van der Waals surface area contributed by atoms with E-state index in [1.165, 1.54) is 17.4 Å². The van der Waals surface area contributed by atoms with Gasteiger partial charge in [0.2, 0.25) is 5.78 Å². The molecule has 0 spiro atoms. The van der Waals surface area contributed by atoms with E-state index in [1.54, 1.807) is 6.07 Å². The Kier molecular flexibility index (Phi) is 4.25. The zero-order valence-corrected chi connectivity index (χ0v) is 12.9. The molecule has 0 atom stereocenters.